The first kappa shape index (κ1) is 22.2. The molecule has 1 heterocycles. The van der Waals surface area contributed by atoms with Gasteiger partial charge in [-0.05, 0) is 43.4 Å². The van der Waals surface area contributed by atoms with E-state index in [1.165, 1.54) is 0 Å². The second-order valence-corrected chi connectivity index (χ2v) is 6.86. The van der Waals surface area contributed by atoms with Crippen molar-refractivity contribution in [3.8, 4) is 0 Å². The van der Waals surface area contributed by atoms with Crippen LogP contribution in [0.1, 0.15) is 44.6 Å². The number of aliphatic imine (C=N–C) groups is 1. The number of anilines is 1. The molecular weight excluding hydrogens is 356 g/mol. The highest BCUT2D eigenvalue weighted by Crippen LogP contribution is 2.16. The quantitative estimate of drug-likeness (QED) is 0.307. The highest BCUT2D eigenvalue weighted by atomic mass is 16.5. The molecule has 7 heteroatoms. The minimum Gasteiger partial charge on any atom is -0.381 e. The maximum atomic E-state index is 12.2. The number of amides is 1. The number of guanidine groups is 1. The first-order valence-electron chi connectivity index (χ1n) is 10.3. The Balaban J connectivity index is 1.69. The Bertz CT molecular complexity index is 615. The summed E-state index contributed by atoms with van der Waals surface area (Å²) in [5.41, 5.74) is 1.85. The molecular formula is C21H34N4O3. The third-order valence-electron chi connectivity index (χ3n) is 4.50. The zero-order valence-corrected chi connectivity index (χ0v) is 17.1. The summed E-state index contributed by atoms with van der Waals surface area (Å²) in [5, 5.41) is 9.52. The van der Waals surface area contributed by atoms with E-state index < -0.39 is 0 Å². The van der Waals surface area contributed by atoms with Crippen LogP contribution in [0.5, 0.6) is 0 Å². The van der Waals surface area contributed by atoms with Gasteiger partial charge in [0.15, 0.2) is 5.96 Å². The molecule has 28 heavy (non-hydrogen) atoms. The molecule has 1 saturated heterocycles. The van der Waals surface area contributed by atoms with Crippen LogP contribution in [0.25, 0.3) is 0 Å². The molecule has 1 fully saturated rings. The summed E-state index contributed by atoms with van der Waals surface area (Å²) in [5.74, 6) is 0.684. The number of carbonyl (C=O) groups excluding carboxylic acids is 1. The summed E-state index contributed by atoms with van der Waals surface area (Å²) in [4.78, 5) is 16.4. The van der Waals surface area contributed by atoms with Crippen LogP contribution in [-0.2, 0) is 20.8 Å². The third-order valence-corrected chi connectivity index (χ3v) is 4.50. The topological polar surface area (TPSA) is 84.0 Å². The van der Waals surface area contributed by atoms with Gasteiger partial charge in [-0.3, -0.25) is 9.79 Å². The van der Waals surface area contributed by atoms with E-state index in [1.807, 2.05) is 24.3 Å². The van der Waals surface area contributed by atoms with Gasteiger partial charge in [0, 0.05) is 45.6 Å². The Labute approximate surface area is 168 Å². The van der Waals surface area contributed by atoms with Crippen molar-refractivity contribution in [2.45, 2.75) is 51.7 Å². The summed E-state index contributed by atoms with van der Waals surface area (Å²) in [6.07, 6.45) is 4.63. The minimum absolute atomic E-state index is 0.0683. The fraction of sp³-hybridized carbons (Fsp3) is 0.619. The van der Waals surface area contributed by atoms with Crippen LogP contribution in [0.2, 0.25) is 0 Å². The maximum absolute atomic E-state index is 12.2. The van der Waals surface area contributed by atoms with E-state index in [9.17, 15) is 4.79 Å². The van der Waals surface area contributed by atoms with E-state index >= 15 is 0 Å². The van der Waals surface area contributed by atoms with Gasteiger partial charge in [-0.15, -0.1) is 0 Å². The average molecular weight is 391 g/mol. The van der Waals surface area contributed by atoms with Crippen molar-refractivity contribution in [1.29, 1.82) is 0 Å². The molecule has 3 N–H and O–H groups in total. The van der Waals surface area contributed by atoms with Gasteiger partial charge in [-0.2, -0.15) is 0 Å². The fourth-order valence-corrected chi connectivity index (χ4v) is 2.90. The Morgan fingerprint density at radius 2 is 2.14 bits per heavy atom. The molecule has 1 unspecified atom stereocenters. The predicted octanol–water partition coefficient (Wildman–Crippen LogP) is 2.68. The van der Waals surface area contributed by atoms with Crippen LogP contribution in [0.15, 0.2) is 29.3 Å². The first-order chi connectivity index (χ1) is 13.7. The van der Waals surface area contributed by atoms with E-state index in [0.717, 1.165) is 69.1 Å². The zero-order chi connectivity index (χ0) is 20.0. The van der Waals surface area contributed by atoms with Crippen molar-refractivity contribution < 1.29 is 14.3 Å². The van der Waals surface area contributed by atoms with Gasteiger partial charge in [-0.25, -0.2) is 0 Å². The molecule has 7 nitrogen and oxygen atoms in total. The van der Waals surface area contributed by atoms with Crippen molar-refractivity contribution >= 4 is 17.6 Å². The van der Waals surface area contributed by atoms with Crippen LogP contribution in [0.4, 0.5) is 5.69 Å². The number of unbranched alkanes of at least 4 members (excludes halogenated alkanes) is 1. The van der Waals surface area contributed by atoms with Gasteiger partial charge >= 0.3 is 0 Å². The standard InChI is InChI=1S/C21H34N4O3/c1-3-4-12-27-13-7-11-23-21(22-2)24-16-17-8-5-9-18(15-17)25-20(26)19-10-6-14-28-19/h5,8-9,15,19H,3-4,6-7,10-14,16H2,1-2H3,(H,25,26)(H2,22,23,24). The lowest BCUT2D eigenvalue weighted by Gasteiger charge is -2.14. The monoisotopic (exact) mass is 390 g/mol. The minimum atomic E-state index is -0.323. The summed E-state index contributed by atoms with van der Waals surface area (Å²) < 4.78 is 11.0. The average Bonchev–Trinajstić information content (AvgIpc) is 3.25. The van der Waals surface area contributed by atoms with Crippen molar-refractivity contribution in [2.75, 3.05) is 38.7 Å². The van der Waals surface area contributed by atoms with Crippen molar-refractivity contribution in [2.24, 2.45) is 4.99 Å². The van der Waals surface area contributed by atoms with Crippen LogP contribution >= 0.6 is 0 Å². The second-order valence-electron chi connectivity index (χ2n) is 6.86. The molecule has 1 atom stereocenters. The molecule has 0 radical (unpaired) electrons. The number of carbonyl (C=O) groups is 1. The van der Waals surface area contributed by atoms with Gasteiger partial charge in [0.1, 0.15) is 6.10 Å². The molecule has 1 aromatic carbocycles. The van der Waals surface area contributed by atoms with Crippen molar-refractivity contribution in [3.63, 3.8) is 0 Å². The number of rotatable bonds is 11. The summed E-state index contributed by atoms with van der Waals surface area (Å²) in [6, 6.07) is 7.81. The molecule has 1 aromatic rings. The molecule has 0 aromatic heterocycles. The maximum Gasteiger partial charge on any atom is 0.253 e. The zero-order valence-electron chi connectivity index (χ0n) is 17.1. The number of nitrogens with zero attached hydrogens (tertiary/aromatic N) is 1. The summed E-state index contributed by atoms with van der Waals surface area (Å²) >= 11 is 0. The van der Waals surface area contributed by atoms with Crippen LogP contribution in [-0.4, -0.2) is 51.4 Å². The number of hydrogen-bond acceptors (Lipinski definition) is 4. The van der Waals surface area contributed by atoms with Gasteiger partial charge < -0.3 is 25.4 Å². The lowest BCUT2D eigenvalue weighted by molar-refractivity contribution is -0.124. The van der Waals surface area contributed by atoms with Crippen molar-refractivity contribution in [1.82, 2.24) is 10.6 Å². The van der Waals surface area contributed by atoms with Crippen molar-refractivity contribution in [3.05, 3.63) is 29.8 Å². The summed E-state index contributed by atoms with van der Waals surface area (Å²) in [6.45, 7) is 5.85. The SMILES string of the molecule is CCCCOCCCNC(=NC)NCc1cccc(NC(=O)C2CCCO2)c1. The molecule has 0 saturated carbocycles. The lowest BCUT2D eigenvalue weighted by Crippen LogP contribution is -2.37. The van der Waals surface area contributed by atoms with E-state index in [2.05, 4.69) is 27.9 Å². The highest BCUT2D eigenvalue weighted by Gasteiger charge is 2.23. The molecule has 2 rings (SSSR count). The van der Waals surface area contributed by atoms with E-state index in [4.69, 9.17) is 9.47 Å². The molecule has 0 bridgehead atoms. The van der Waals surface area contributed by atoms with E-state index in [0.29, 0.717) is 13.2 Å². The third kappa shape index (κ3) is 8.27. The number of nitrogens with one attached hydrogen (secondary N) is 3. The van der Waals surface area contributed by atoms with E-state index in [1.54, 1.807) is 7.05 Å². The fourth-order valence-electron chi connectivity index (χ4n) is 2.90. The molecule has 1 aliphatic rings. The van der Waals surface area contributed by atoms with Crippen LogP contribution in [0.3, 0.4) is 0 Å². The van der Waals surface area contributed by atoms with Gasteiger partial charge in [0.05, 0.1) is 0 Å². The molecule has 0 spiro atoms. The highest BCUT2D eigenvalue weighted by molar-refractivity contribution is 5.94. The number of hydrogen-bond donors (Lipinski definition) is 3. The van der Waals surface area contributed by atoms with Crippen LogP contribution < -0.4 is 16.0 Å². The normalized spacial score (nSPS) is 16.8. The predicted molar refractivity (Wildman–Crippen MR) is 113 cm³/mol. The van der Waals surface area contributed by atoms with Gasteiger partial charge in [-0.1, -0.05) is 25.5 Å². The van der Waals surface area contributed by atoms with Gasteiger partial charge in [0.25, 0.3) is 5.91 Å². The second kappa shape index (κ2) is 13.1. The number of benzene rings is 1. The van der Waals surface area contributed by atoms with Gasteiger partial charge in [0.2, 0.25) is 0 Å². The lowest BCUT2D eigenvalue weighted by atomic mass is 10.2. The Morgan fingerprint density at radius 1 is 1.29 bits per heavy atom. The Morgan fingerprint density at radius 3 is 2.89 bits per heavy atom. The molecule has 1 aliphatic heterocycles. The van der Waals surface area contributed by atoms with Crippen LogP contribution in [0, 0.1) is 0 Å². The Hall–Kier alpha value is -2.12. The molecule has 1 amide bonds. The number of ether oxygens (including phenoxy) is 2. The van der Waals surface area contributed by atoms with E-state index in [-0.39, 0.29) is 12.0 Å². The molecule has 0 aliphatic carbocycles. The summed E-state index contributed by atoms with van der Waals surface area (Å²) in [7, 11) is 1.76. The first-order valence-corrected chi connectivity index (χ1v) is 10.3. The molecule has 156 valence electrons. The Kier molecular flexibility index (Phi) is 10.4. The largest absolute Gasteiger partial charge is 0.381 e. The smallest absolute Gasteiger partial charge is 0.253 e.